The fourth-order valence-electron chi connectivity index (χ4n) is 3.99. The van der Waals surface area contributed by atoms with Crippen LogP contribution in [0, 0.1) is 0 Å². The van der Waals surface area contributed by atoms with Gasteiger partial charge in [-0.25, -0.2) is 19.9 Å². The minimum Gasteiger partial charge on any atom is -0.494 e. The molecule has 4 aromatic rings. The van der Waals surface area contributed by atoms with E-state index in [2.05, 4.69) is 25.3 Å². The maximum atomic E-state index is 12.8. The van der Waals surface area contributed by atoms with Gasteiger partial charge in [-0.1, -0.05) is 0 Å². The number of nitrogen functional groups attached to an aromatic ring is 1. The zero-order valence-electron chi connectivity index (χ0n) is 18.3. The molecule has 1 aliphatic heterocycles. The van der Waals surface area contributed by atoms with Gasteiger partial charge < -0.3 is 25.1 Å². The third-order valence-corrected chi connectivity index (χ3v) is 5.49. The third-order valence-electron chi connectivity index (χ3n) is 5.49. The van der Waals surface area contributed by atoms with E-state index >= 15 is 0 Å². The Morgan fingerprint density at radius 1 is 1.23 bits per heavy atom. The van der Waals surface area contributed by atoms with Crippen LogP contribution in [0.3, 0.4) is 0 Å². The van der Waals surface area contributed by atoms with Gasteiger partial charge in [0.15, 0.2) is 5.82 Å². The quantitative estimate of drug-likeness (QED) is 0.441. The number of rotatable bonds is 5. The summed E-state index contributed by atoms with van der Waals surface area (Å²) in [7, 11) is 1.44. The number of anilines is 2. The van der Waals surface area contributed by atoms with Crippen LogP contribution in [-0.2, 0) is 35.3 Å². The Morgan fingerprint density at radius 3 is 2.83 bits per heavy atom. The van der Waals surface area contributed by atoms with E-state index in [1.165, 1.54) is 19.5 Å². The summed E-state index contributed by atoms with van der Waals surface area (Å²) in [6, 6.07) is 6.32. The van der Waals surface area contributed by atoms with Crippen LogP contribution >= 0.6 is 0 Å². The van der Waals surface area contributed by atoms with E-state index in [1.807, 2.05) is 4.57 Å². The molecule has 0 atom stereocenters. The van der Waals surface area contributed by atoms with Crippen LogP contribution in [0.4, 0.5) is 24.7 Å². The van der Waals surface area contributed by atoms with E-state index in [9.17, 15) is 18.0 Å². The van der Waals surface area contributed by atoms with Crippen molar-refractivity contribution in [1.82, 2.24) is 24.5 Å². The number of nitrogens with two attached hydrogens (primary N) is 1. The Bertz CT molecular complexity index is 1450. The fourth-order valence-corrected chi connectivity index (χ4v) is 3.99. The molecule has 0 saturated carbocycles. The first-order valence-electron chi connectivity index (χ1n) is 10.3. The van der Waals surface area contributed by atoms with Crippen molar-refractivity contribution in [3.8, 4) is 11.4 Å². The smallest absolute Gasteiger partial charge is 0.451 e. The molecule has 0 saturated heterocycles. The fraction of sp³-hybridized carbons (Fsp3) is 0.227. The highest BCUT2D eigenvalue weighted by Gasteiger charge is 2.34. The van der Waals surface area contributed by atoms with E-state index in [-0.39, 0.29) is 12.1 Å². The molecule has 5 rings (SSSR count). The zero-order chi connectivity index (χ0) is 24.7. The monoisotopic (exact) mass is 485 g/mol. The van der Waals surface area contributed by atoms with Gasteiger partial charge in [-0.05, 0) is 18.2 Å². The number of methoxy groups -OCH3 is 1. The van der Waals surface area contributed by atoms with Crippen molar-refractivity contribution >= 4 is 28.4 Å². The Labute approximate surface area is 195 Å². The van der Waals surface area contributed by atoms with E-state index < -0.39 is 17.9 Å². The number of nitrogens with zero attached hydrogens (tertiary/aromatic N) is 5. The summed E-state index contributed by atoms with van der Waals surface area (Å²) in [5.41, 5.74) is 10.3. The second-order valence-electron chi connectivity index (χ2n) is 7.69. The molecule has 0 unspecified atom stereocenters. The van der Waals surface area contributed by atoms with Gasteiger partial charge in [0.1, 0.15) is 23.1 Å². The van der Waals surface area contributed by atoms with Crippen molar-refractivity contribution < 1.29 is 27.4 Å². The Morgan fingerprint density at radius 2 is 2.06 bits per heavy atom. The number of carbonyl (C=O) groups is 1. The SMILES string of the molecule is COc1cc(-n2c3c(c4ncnc(N)c42)COC3)ccc1NC(=O)Cc1ccnc(C(F)(F)F)n1. The zero-order valence-corrected chi connectivity index (χ0v) is 18.3. The molecule has 35 heavy (non-hydrogen) atoms. The van der Waals surface area contributed by atoms with Gasteiger partial charge in [0.25, 0.3) is 0 Å². The van der Waals surface area contributed by atoms with Crippen molar-refractivity contribution in [2.75, 3.05) is 18.2 Å². The van der Waals surface area contributed by atoms with Crippen molar-refractivity contribution in [3.63, 3.8) is 0 Å². The largest absolute Gasteiger partial charge is 0.494 e. The second-order valence-corrected chi connectivity index (χ2v) is 7.69. The van der Waals surface area contributed by atoms with Crippen molar-refractivity contribution in [2.45, 2.75) is 25.8 Å². The molecule has 0 radical (unpaired) electrons. The summed E-state index contributed by atoms with van der Waals surface area (Å²) in [5.74, 6) is -1.23. The molecule has 10 nitrogen and oxygen atoms in total. The molecule has 0 aliphatic carbocycles. The van der Waals surface area contributed by atoms with Crippen molar-refractivity contribution in [2.24, 2.45) is 0 Å². The van der Waals surface area contributed by atoms with Crippen LogP contribution in [0.2, 0.25) is 0 Å². The minimum atomic E-state index is -4.70. The van der Waals surface area contributed by atoms with Gasteiger partial charge >= 0.3 is 6.18 Å². The highest BCUT2D eigenvalue weighted by molar-refractivity contribution is 5.94. The topological polar surface area (TPSA) is 130 Å². The lowest BCUT2D eigenvalue weighted by Gasteiger charge is -2.15. The average molecular weight is 485 g/mol. The van der Waals surface area contributed by atoms with Crippen LogP contribution < -0.4 is 15.8 Å². The Balaban J connectivity index is 1.44. The number of ether oxygens (including phenoxy) is 2. The van der Waals surface area contributed by atoms with Crippen LogP contribution in [-0.4, -0.2) is 37.5 Å². The number of carbonyl (C=O) groups excluding carboxylic acids is 1. The molecule has 0 bridgehead atoms. The van der Waals surface area contributed by atoms with Crippen molar-refractivity contribution in [3.05, 3.63) is 59.6 Å². The summed E-state index contributed by atoms with van der Waals surface area (Å²) >= 11 is 0. The molecule has 180 valence electrons. The number of nitrogens with one attached hydrogen (secondary N) is 1. The normalized spacial score (nSPS) is 13.1. The van der Waals surface area contributed by atoms with E-state index in [4.69, 9.17) is 15.2 Å². The summed E-state index contributed by atoms with van der Waals surface area (Å²) in [4.78, 5) is 27.6. The van der Waals surface area contributed by atoms with E-state index in [1.54, 1.807) is 18.2 Å². The molecule has 0 fully saturated rings. The molecular formula is C22H18F3N7O3. The number of alkyl halides is 3. The van der Waals surface area contributed by atoms with Crippen LogP contribution in [0.15, 0.2) is 36.8 Å². The van der Waals surface area contributed by atoms with Crippen LogP contribution in [0.1, 0.15) is 22.8 Å². The van der Waals surface area contributed by atoms with Crippen LogP contribution in [0.5, 0.6) is 5.75 Å². The van der Waals surface area contributed by atoms with Gasteiger partial charge in [0.2, 0.25) is 11.7 Å². The Kier molecular flexibility index (Phi) is 5.47. The number of aromatic nitrogens is 5. The number of hydrogen-bond acceptors (Lipinski definition) is 8. The van der Waals surface area contributed by atoms with Gasteiger partial charge in [-0.15, -0.1) is 0 Å². The first-order valence-corrected chi connectivity index (χ1v) is 10.3. The first-order chi connectivity index (χ1) is 16.8. The molecule has 1 amide bonds. The lowest BCUT2D eigenvalue weighted by atomic mass is 10.2. The van der Waals surface area contributed by atoms with E-state index in [0.717, 1.165) is 17.5 Å². The molecular weight excluding hydrogens is 467 g/mol. The molecule has 3 aromatic heterocycles. The summed E-state index contributed by atoms with van der Waals surface area (Å²) < 4.78 is 51.5. The number of halogens is 3. The minimum absolute atomic E-state index is 0.0646. The lowest BCUT2D eigenvalue weighted by Crippen LogP contribution is -2.18. The highest BCUT2D eigenvalue weighted by atomic mass is 19.4. The molecule has 1 aliphatic rings. The molecule has 4 heterocycles. The van der Waals surface area contributed by atoms with Gasteiger partial charge in [-0.2, -0.15) is 13.2 Å². The summed E-state index contributed by atoms with van der Waals surface area (Å²) in [6.07, 6.45) is -2.72. The maximum Gasteiger partial charge on any atom is 0.451 e. The van der Waals surface area contributed by atoms with Crippen molar-refractivity contribution in [1.29, 1.82) is 0 Å². The first kappa shape index (κ1) is 22.5. The maximum absolute atomic E-state index is 12.8. The van der Waals surface area contributed by atoms with Gasteiger partial charge in [0.05, 0.1) is 43.8 Å². The number of benzene rings is 1. The number of hydrogen-bond donors (Lipinski definition) is 2. The predicted octanol–water partition coefficient (Wildman–Crippen LogP) is 3.03. The molecule has 0 spiro atoms. The van der Waals surface area contributed by atoms with Crippen LogP contribution in [0.25, 0.3) is 16.7 Å². The summed E-state index contributed by atoms with van der Waals surface area (Å²) in [5, 5.41) is 2.65. The predicted molar refractivity (Wildman–Crippen MR) is 118 cm³/mol. The average Bonchev–Trinajstić information content (AvgIpc) is 3.41. The van der Waals surface area contributed by atoms with Gasteiger partial charge in [-0.3, -0.25) is 4.79 Å². The molecule has 3 N–H and O–H groups in total. The number of fused-ring (bicyclic) bond motifs is 3. The standard InChI is InChI=1S/C22H18F3N7O3/c1-34-16-7-12(32-15-9-35-8-13(15)18-19(32)20(26)29-10-28-18)2-3-14(16)31-17(33)6-11-4-5-27-21(30-11)22(23,24)25/h2-5,7,10H,6,8-9H2,1H3,(H,31,33)(H2,26,28,29). The molecule has 1 aromatic carbocycles. The highest BCUT2D eigenvalue weighted by Crippen LogP contribution is 2.37. The molecule has 13 heteroatoms. The van der Waals surface area contributed by atoms with Gasteiger partial charge in [0, 0.05) is 23.5 Å². The lowest BCUT2D eigenvalue weighted by molar-refractivity contribution is -0.145. The third kappa shape index (κ3) is 4.10. The van der Waals surface area contributed by atoms with E-state index in [0.29, 0.717) is 47.2 Å². The summed E-state index contributed by atoms with van der Waals surface area (Å²) in [6.45, 7) is 0.768. The second kappa shape index (κ2) is 8.51. The number of amides is 1. The Hall–Kier alpha value is -4.26.